The minimum absolute atomic E-state index is 0.0545. The highest BCUT2D eigenvalue weighted by Crippen LogP contribution is 2.60. The largest absolute Gasteiger partial charge is 0.508 e. The first-order valence-electron chi connectivity index (χ1n) is 13.4. The fraction of sp³-hybridized carbons (Fsp3) is 0.467. The van der Waals surface area contributed by atoms with E-state index in [1.165, 1.54) is 0 Å². The first-order valence-corrected chi connectivity index (χ1v) is 13.4. The average Bonchev–Trinajstić information content (AvgIpc) is 3.51. The van der Waals surface area contributed by atoms with Gasteiger partial charge >= 0.3 is 17.9 Å². The van der Waals surface area contributed by atoms with E-state index in [1.807, 2.05) is 0 Å². The van der Waals surface area contributed by atoms with Gasteiger partial charge in [-0.25, -0.2) is 9.59 Å². The predicted molar refractivity (Wildman–Crippen MR) is 131 cm³/mol. The Morgan fingerprint density at radius 3 is 2.45 bits per heavy atom. The molecule has 7 aliphatic rings. The van der Waals surface area contributed by atoms with Crippen molar-refractivity contribution in [3.05, 3.63) is 47.5 Å². The smallest absolute Gasteiger partial charge is 0.340 e. The van der Waals surface area contributed by atoms with Crippen molar-refractivity contribution in [1.29, 1.82) is 0 Å². The number of benzene rings is 2. The van der Waals surface area contributed by atoms with E-state index >= 15 is 0 Å². The van der Waals surface area contributed by atoms with Gasteiger partial charge in [0.2, 0.25) is 0 Å². The van der Waals surface area contributed by atoms with E-state index in [2.05, 4.69) is 0 Å². The summed E-state index contributed by atoms with van der Waals surface area (Å²) in [7, 11) is 0. The number of hydrogen-bond acceptors (Lipinski definition) is 8. The quantitative estimate of drug-likeness (QED) is 0.486. The van der Waals surface area contributed by atoms with Crippen molar-refractivity contribution >= 4 is 34.5 Å². The lowest BCUT2D eigenvalue weighted by atomic mass is 9.49. The van der Waals surface area contributed by atoms with Crippen molar-refractivity contribution in [1.82, 2.24) is 0 Å². The summed E-state index contributed by atoms with van der Waals surface area (Å²) in [6.45, 7) is 0. The summed E-state index contributed by atoms with van der Waals surface area (Å²) in [5.41, 5.74) is -0.0526. The van der Waals surface area contributed by atoms with E-state index < -0.39 is 35.5 Å². The number of phenolic OH excluding ortho intramolecular Hbond substituents is 1. The highest BCUT2D eigenvalue weighted by molar-refractivity contribution is 6.05. The van der Waals surface area contributed by atoms with Crippen LogP contribution in [0, 0.1) is 35.0 Å². The van der Waals surface area contributed by atoms with Crippen LogP contribution in [0.4, 0.5) is 0 Å². The lowest BCUT2D eigenvalue weighted by molar-refractivity contribution is -0.186. The summed E-state index contributed by atoms with van der Waals surface area (Å²) in [5.74, 6) is -1.20. The maximum atomic E-state index is 13.7. The molecule has 6 bridgehead atoms. The van der Waals surface area contributed by atoms with Gasteiger partial charge in [-0.2, -0.15) is 0 Å². The van der Waals surface area contributed by atoms with Crippen LogP contribution in [0.3, 0.4) is 0 Å². The third kappa shape index (κ3) is 2.97. The first-order chi connectivity index (χ1) is 18.3. The predicted octanol–water partition coefficient (Wildman–Crippen LogP) is 3.63. The van der Waals surface area contributed by atoms with Crippen LogP contribution >= 0.6 is 0 Å². The van der Waals surface area contributed by atoms with E-state index in [0.717, 1.165) is 30.0 Å². The number of esters is 3. The third-order valence-electron chi connectivity index (χ3n) is 10.0. The molecule has 9 rings (SSSR count). The van der Waals surface area contributed by atoms with E-state index in [4.69, 9.17) is 14.2 Å². The molecular formula is C30H26O8. The second-order valence-electron chi connectivity index (χ2n) is 12.1. The molecule has 1 aliphatic heterocycles. The summed E-state index contributed by atoms with van der Waals surface area (Å²) in [4.78, 5) is 52.5. The van der Waals surface area contributed by atoms with Crippen LogP contribution in [-0.2, 0) is 28.7 Å². The second-order valence-corrected chi connectivity index (χ2v) is 12.1. The van der Waals surface area contributed by atoms with Crippen LogP contribution < -0.4 is 4.74 Å². The molecule has 1 N–H and O–H groups in total. The van der Waals surface area contributed by atoms with Crippen LogP contribution in [-0.4, -0.2) is 41.0 Å². The molecule has 194 valence electrons. The molecule has 2 aromatic rings. The van der Waals surface area contributed by atoms with E-state index in [-0.39, 0.29) is 35.0 Å². The normalized spacial score (nSPS) is 37.7. The number of hydrogen-bond donors (Lipinski definition) is 1. The molecule has 0 amide bonds. The Morgan fingerprint density at radius 1 is 0.921 bits per heavy atom. The van der Waals surface area contributed by atoms with Gasteiger partial charge in [0.15, 0.2) is 0 Å². The molecule has 2 aromatic carbocycles. The van der Waals surface area contributed by atoms with E-state index in [0.29, 0.717) is 42.3 Å². The Balaban J connectivity index is 1.05. The number of ketones is 1. The van der Waals surface area contributed by atoms with Gasteiger partial charge < -0.3 is 19.3 Å². The van der Waals surface area contributed by atoms with Gasteiger partial charge in [0.05, 0.1) is 16.6 Å². The Bertz CT molecular complexity index is 1480. The summed E-state index contributed by atoms with van der Waals surface area (Å²) in [5, 5.41) is 11.3. The minimum atomic E-state index is -0.728. The van der Waals surface area contributed by atoms with Crippen LogP contribution in [0.2, 0.25) is 0 Å². The molecule has 0 spiro atoms. The van der Waals surface area contributed by atoms with E-state index in [1.54, 1.807) is 36.4 Å². The monoisotopic (exact) mass is 514 g/mol. The maximum Gasteiger partial charge on any atom is 0.340 e. The summed E-state index contributed by atoms with van der Waals surface area (Å²) in [6.07, 6.45) is 2.77. The molecule has 6 aliphatic carbocycles. The number of aromatic hydroxyl groups is 1. The van der Waals surface area contributed by atoms with Crippen molar-refractivity contribution in [3.63, 3.8) is 0 Å². The van der Waals surface area contributed by atoms with Gasteiger partial charge in [0.1, 0.15) is 29.5 Å². The molecule has 1 heterocycles. The number of rotatable bonds is 4. The lowest BCUT2D eigenvalue weighted by Gasteiger charge is -2.54. The molecule has 38 heavy (non-hydrogen) atoms. The molecule has 0 radical (unpaired) electrons. The molecule has 6 unspecified atom stereocenters. The fourth-order valence-corrected chi connectivity index (χ4v) is 8.65. The highest BCUT2D eigenvalue weighted by atomic mass is 16.6. The number of ether oxygens (including phenoxy) is 3. The zero-order valence-electron chi connectivity index (χ0n) is 20.6. The summed E-state index contributed by atoms with van der Waals surface area (Å²) >= 11 is 0. The zero-order valence-corrected chi connectivity index (χ0v) is 20.6. The fourth-order valence-electron chi connectivity index (χ4n) is 8.65. The van der Waals surface area contributed by atoms with Crippen molar-refractivity contribution in [3.8, 4) is 11.5 Å². The van der Waals surface area contributed by atoms with Crippen molar-refractivity contribution in [2.24, 2.45) is 35.0 Å². The number of Topliss-reactive ketones (excluding diaryl/α,β-unsaturated/α-hetero) is 1. The van der Waals surface area contributed by atoms with Crippen LogP contribution in [0.15, 0.2) is 47.5 Å². The van der Waals surface area contributed by atoms with Gasteiger partial charge in [0.25, 0.3) is 0 Å². The first kappa shape index (κ1) is 22.3. The summed E-state index contributed by atoms with van der Waals surface area (Å²) < 4.78 is 17.5. The van der Waals surface area contributed by atoms with Crippen molar-refractivity contribution in [2.45, 2.75) is 50.7 Å². The standard InChI is InChI=1S/C30H26O8/c31-18-3-1-15-8-19(4-2-14(15)7-18)36-27(33)22-21-9-20-23(22)28(34)37-25(20)26(21)38-29(35)30-10-13-5-16(11-30)24(32)17(6-13)12-30/h1-4,7-8,13,16-17,20-21,25-26,31H,5-6,9-12H2. The number of phenols is 1. The maximum absolute atomic E-state index is 13.7. The molecule has 8 nitrogen and oxygen atoms in total. The van der Waals surface area contributed by atoms with Gasteiger partial charge in [0, 0.05) is 23.7 Å². The number of fused-ring (bicyclic) bond motifs is 2. The average molecular weight is 515 g/mol. The SMILES string of the molecule is O=C1OC2C3CC(C(C(=O)Oc4ccc5cc(O)ccc5c4)=C13)C2OC(=O)C12CC3CC(C1)C(=O)C(C3)C2. The molecule has 1 saturated heterocycles. The van der Waals surface area contributed by atoms with Crippen LogP contribution in [0.25, 0.3) is 10.8 Å². The number of carbonyl (C=O) groups is 4. The number of carbonyl (C=O) groups excluding carboxylic acids is 4. The Kier molecular flexibility index (Phi) is 4.38. The van der Waals surface area contributed by atoms with E-state index in [9.17, 15) is 24.3 Å². The Morgan fingerprint density at radius 2 is 1.66 bits per heavy atom. The molecule has 6 fully saturated rings. The second kappa shape index (κ2) is 7.46. The Labute approximate surface area is 217 Å². The molecule has 6 atom stereocenters. The highest BCUT2D eigenvalue weighted by Gasteiger charge is 2.66. The topological polar surface area (TPSA) is 116 Å². The molecule has 0 aromatic heterocycles. The van der Waals surface area contributed by atoms with Crippen LogP contribution in [0.1, 0.15) is 38.5 Å². The van der Waals surface area contributed by atoms with Gasteiger partial charge in [-0.05, 0) is 79.5 Å². The van der Waals surface area contributed by atoms with Gasteiger partial charge in [-0.1, -0.05) is 12.1 Å². The minimum Gasteiger partial charge on any atom is -0.508 e. The van der Waals surface area contributed by atoms with Gasteiger partial charge in [-0.3, -0.25) is 9.59 Å². The van der Waals surface area contributed by atoms with Crippen molar-refractivity contribution in [2.75, 3.05) is 0 Å². The molecule has 5 saturated carbocycles. The Hall–Kier alpha value is -3.68. The van der Waals surface area contributed by atoms with Crippen molar-refractivity contribution < 1.29 is 38.5 Å². The third-order valence-corrected chi connectivity index (χ3v) is 10.0. The molecular weight excluding hydrogens is 488 g/mol. The lowest BCUT2D eigenvalue weighted by Crippen LogP contribution is -2.55. The van der Waals surface area contributed by atoms with Crippen LogP contribution in [0.5, 0.6) is 11.5 Å². The summed E-state index contributed by atoms with van der Waals surface area (Å²) in [6, 6.07) is 9.99. The van der Waals surface area contributed by atoms with Gasteiger partial charge in [-0.15, -0.1) is 0 Å². The zero-order chi connectivity index (χ0) is 25.9. The molecule has 8 heteroatoms.